The van der Waals surface area contributed by atoms with Gasteiger partial charge in [0, 0.05) is 12.7 Å². The van der Waals surface area contributed by atoms with E-state index in [0.717, 1.165) is 0 Å². The smallest absolute Gasteiger partial charge is 0.268 e. The summed E-state index contributed by atoms with van der Waals surface area (Å²) in [4.78, 5) is 12.8. The Morgan fingerprint density at radius 3 is 2.80 bits per heavy atom. The van der Waals surface area contributed by atoms with Crippen molar-refractivity contribution < 1.29 is 4.79 Å². The summed E-state index contributed by atoms with van der Waals surface area (Å²) in [5.41, 5.74) is 1.10. The first-order valence-corrected chi connectivity index (χ1v) is 4.56. The van der Waals surface area contributed by atoms with E-state index in [2.05, 4.69) is 6.58 Å². The van der Waals surface area contributed by atoms with Crippen LogP contribution >= 0.6 is 11.6 Å². The fourth-order valence-corrected chi connectivity index (χ4v) is 1.21. The highest BCUT2D eigenvalue weighted by Crippen LogP contribution is 2.16. The first-order valence-electron chi connectivity index (χ1n) is 4.19. The molecule has 0 aromatic heterocycles. The molecule has 0 atom stereocenters. The standard InChI is InChI=1S/C11H9ClN2O/c1-8(12)11(15)14(2)10-5-3-4-9(6-10)7-13/h3-6H,1H2,2H3. The van der Waals surface area contributed by atoms with Crippen molar-refractivity contribution in [2.24, 2.45) is 0 Å². The molecule has 0 heterocycles. The Morgan fingerprint density at radius 1 is 1.60 bits per heavy atom. The molecule has 0 saturated heterocycles. The lowest BCUT2D eigenvalue weighted by Gasteiger charge is -2.16. The van der Waals surface area contributed by atoms with Crippen LogP contribution in [0.1, 0.15) is 5.56 Å². The maximum Gasteiger partial charge on any atom is 0.268 e. The minimum Gasteiger partial charge on any atom is -0.311 e. The van der Waals surface area contributed by atoms with Gasteiger partial charge in [0.2, 0.25) is 0 Å². The number of nitrogens with zero attached hydrogens (tertiary/aromatic N) is 2. The number of hydrogen-bond donors (Lipinski definition) is 0. The summed E-state index contributed by atoms with van der Waals surface area (Å²) in [6, 6.07) is 8.69. The van der Waals surface area contributed by atoms with Crippen LogP contribution in [0.5, 0.6) is 0 Å². The highest BCUT2D eigenvalue weighted by molar-refractivity contribution is 6.43. The quantitative estimate of drug-likeness (QED) is 0.718. The Bertz CT molecular complexity index is 448. The highest BCUT2D eigenvalue weighted by atomic mass is 35.5. The van der Waals surface area contributed by atoms with Crippen LogP contribution in [0.3, 0.4) is 0 Å². The summed E-state index contributed by atoms with van der Waals surface area (Å²) in [5, 5.41) is 8.64. The van der Waals surface area contributed by atoms with E-state index in [-0.39, 0.29) is 10.9 Å². The molecule has 0 fully saturated rings. The van der Waals surface area contributed by atoms with Gasteiger partial charge in [0.05, 0.1) is 16.7 Å². The summed E-state index contributed by atoms with van der Waals surface area (Å²) in [6.45, 7) is 3.35. The Hall–Kier alpha value is -1.79. The summed E-state index contributed by atoms with van der Waals surface area (Å²) < 4.78 is 0. The lowest BCUT2D eigenvalue weighted by atomic mass is 10.2. The van der Waals surface area contributed by atoms with E-state index >= 15 is 0 Å². The van der Waals surface area contributed by atoms with Crippen LogP contribution < -0.4 is 4.90 Å². The topological polar surface area (TPSA) is 44.1 Å². The first-order chi connectivity index (χ1) is 7.06. The van der Waals surface area contributed by atoms with Crippen LogP contribution in [-0.4, -0.2) is 13.0 Å². The van der Waals surface area contributed by atoms with Gasteiger partial charge in [-0.1, -0.05) is 24.2 Å². The van der Waals surface area contributed by atoms with E-state index in [9.17, 15) is 4.79 Å². The number of rotatable bonds is 2. The van der Waals surface area contributed by atoms with Crippen LogP contribution in [0.4, 0.5) is 5.69 Å². The van der Waals surface area contributed by atoms with E-state index in [4.69, 9.17) is 16.9 Å². The predicted molar refractivity (Wildman–Crippen MR) is 59.6 cm³/mol. The summed E-state index contributed by atoms with van der Waals surface area (Å²) >= 11 is 5.50. The van der Waals surface area contributed by atoms with Crippen molar-refractivity contribution in [1.82, 2.24) is 0 Å². The van der Waals surface area contributed by atoms with Gasteiger partial charge in [-0.15, -0.1) is 0 Å². The normalized spacial score (nSPS) is 9.13. The second-order valence-electron chi connectivity index (χ2n) is 2.93. The molecule has 1 aromatic carbocycles. The minimum absolute atomic E-state index is 0.0557. The molecular formula is C11H9ClN2O. The number of hydrogen-bond acceptors (Lipinski definition) is 2. The molecule has 0 radical (unpaired) electrons. The number of halogens is 1. The lowest BCUT2D eigenvalue weighted by molar-refractivity contribution is -0.114. The van der Waals surface area contributed by atoms with Gasteiger partial charge in [0.15, 0.2) is 0 Å². The molecule has 15 heavy (non-hydrogen) atoms. The number of amides is 1. The second kappa shape index (κ2) is 4.63. The Morgan fingerprint density at radius 2 is 2.27 bits per heavy atom. The Balaban J connectivity index is 3.02. The average molecular weight is 221 g/mol. The van der Waals surface area contributed by atoms with Crippen LogP contribution in [0.25, 0.3) is 0 Å². The Kier molecular flexibility index (Phi) is 3.48. The van der Waals surface area contributed by atoms with Crippen molar-refractivity contribution in [3.63, 3.8) is 0 Å². The first kappa shape index (κ1) is 11.3. The molecule has 0 unspecified atom stereocenters. The summed E-state index contributed by atoms with van der Waals surface area (Å²) in [7, 11) is 1.58. The third kappa shape index (κ3) is 2.58. The van der Waals surface area contributed by atoms with Crippen LogP contribution in [0.2, 0.25) is 0 Å². The lowest BCUT2D eigenvalue weighted by Crippen LogP contribution is -2.25. The zero-order valence-electron chi connectivity index (χ0n) is 8.20. The van der Waals surface area contributed by atoms with Gasteiger partial charge in [0.1, 0.15) is 0 Å². The molecule has 1 rings (SSSR count). The molecule has 0 saturated carbocycles. The third-order valence-electron chi connectivity index (χ3n) is 1.90. The maximum atomic E-state index is 11.5. The molecular weight excluding hydrogens is 212 g/mol. The number of likely N-dealkylation sites (N-methyl/N-ethyl adjacent to an activating group) is 1. The van der Waals surface area contributed by atoms with Crippen molar-refractivity contribution in [3.05, 3.63) is 41.4 Å². The van der Waals surface area contributed by atoms with E-state index < -0.39 is 0 Å². The number of nitriles is 1. The number of anilines is 1. The van der Waals surface area contributed by atoms with Gasteiger partial charge in [0.25, 0.3) is 5.91 Å². The summed E-state index contributed by atoms with van der Waals surface area (Å²) in [5.74, 6) is -0.383. The molecule has 0 spiro atoms. The molecule has 3 nitrogen and oxygen atoms in total. The molecule has 4 heteroatoms. The zero-order chi connectivity index (χ0) is 11.4. The molecule has 0 N–H and O–H groups in total. The van der Waals surface area contributed by atoms with Gasteiger partial charge in [-0.05, 0) is 18.2 Å². The maximum absolute atomic E-state index is 11.5. The largest absolute Gasteiger partial charge is 0.311 e. The van der Waals surface area contributed by atoms with E-state index in [1.807, 2.05) is 6.07 Å². The van der Waals surface area contributed by atoms with Gasteiger partial charge < -0.3 is 4.90 Å². The third-order valence-corrected chi connectivity index (χ3v) is 2.06. The van der Waals surface area contributed by atoms with Gasteiger partial charge in [-0.3, -0.25) is 4.79 Å². The fourth-order valence-electron chi connectivity index (χ4n) is 1.08. The van der Waals surface area contributed by atoms with Crippen LogP contribution in [-0.2, 0) is 4.79 Å². The van der Waals surface area contributed by atoms with Crippen molar-refractivity contribution in [3.8, 4) is 6.07 Å². The van der Waals surface area contributed by atoms with Gasteiger partial charge >= 0.3 is 0 Å². The van der Waals surface area contributed by atoms with E-state index in [1.165, 1.54) is 4.90 Å². The molecule has 0 bridgehead atoms. The molecule has 1 aromatic rings. The van der Waals surface area contributed by atoms with Gasteiger partial charge in [-0.25, -0.2) is 0 Å². The van der Waals surface area contributed by atoms with Crippen molar-refractivity contribution in [2.45, 2.75) is 0 Å². The number of benzene rings is 1. The zero-order valence-corrected chi connectivity index (χ0v) is 8.95. The molecule has 0 aliphatic heterocycles. The van der Waals surface area contributed by atoms with Gasteiger partial charge in [-0.2, -0.15) is 5.26 Å². The van der Waals surface area contributed by atoms with E-state index in [0.29, 0.717) is 11.3 Å². The van der Waals surface area contributed by atoms with Crippen LogP contribution in [0, 0.1) is 11.3 Å². The monoisotopic (exact) mass is 220 g/mol. The van der Waals surface area contributed by atoms with Crippen molar-refractivity contribution in [2.75, 3.05) is 11.9 Å². The number of carbonyl (C=O) groups excluding carboxylic acids is 1. The second-order valence-corrected chi connectivity index (χ2v) is 3.39. The number of carbonyl (C=O) groups is 1. The SMILES string of the molecule is C=C(Cl)C(=O)N(C)c1cccc(C#N)c1. The Labute approximate surface area is 93.2 Å². The van der Waals surface area contributed by atoms with E-state index in [1.54, 1.807) is 31.3 Å². The average Bonchev–Trinajstić information content (AvgIpc) is 2.27. The highest BCUT2D eigenvalue weighted by Gasteiger charge is 2.12. The fraction of sp³-hybridized carbons (Fsp3) is 0.0909. The predicted octanol–water partition coefficient (Wildman–Crippen LogP) is 2.27. The molecule has 0 aliphatic rings. The van der Waals surface area contributed by atoms with Crippen molar-refractivity contribution >= 4 is 23.2 Å². The van der Waals surface area contributed by atoms with Crippen molar-refractivity contribution in [1.29, 1.82) is 5.26 Å². The molecule has 76 valence electrons. The minimum atomic E-state index is -0.383. The molecule has 0 aliphatic carbocycles. The molecule has 1 amide bonds. The summed E-state index contributed by atoms with van der Waals surface area (Å²) in [6.07, 6.45) is 0. The van der Waals surface area contributed by atoms with Crippen LogP contribution in [0.15, 0.2) is 35.9 Å².